The van der Waals surface area contributed by atoms with Crippen molar-refractivity contribution in [3.8, 4) is 0 Å². The smallest absolute Gasteiger partial charge is 0.0102 e. The van der Waals surface area contributed by atoms with Gasteiger partial charge in [-0.2, -0.15) is 0 Å². The first-order chi connectivity index (χ1) is 5.71. The lowest BCUT2D eigenvalue weighted by Crippen LogP contribution is -2.36. The summed E-state index contributed by atoms with van der Waals surface area (Å²) in [7, 11) is 0. The maximum absolute atomic E-state index is 5.82. The standard InChI is InChI=1S/C8H19N.C4H11N/c1-7(2,3)6-8(4,5)9;1-4(2,3)5/h6,9H2,1-5H3;5H2,1-3H3. The van der Waals surface area contributed by atoms with E-state index in [9.17, 15) is 0 Å². The SMILES string of the molecule is CC(C)(C)CC(C)(C)N.CC(C)(C)N. The molecule has 4 N–H and O–H groups in total. The average Bonchev–Trinajstić information content (AvgIpc) is 1.42. The van der Waals surface area contributed by atoms with Crippen molar-refractivity contribution in [1.29, 1.82) is 0 Å². The number of nitrogens with two attached hydrogens (primary N) is 2. The van der Waals surface area contributed by atoms with Gasteiger partial charge in [0.1, 0.15) is 0 Å². The third kappa shape index (κ3) is 40.6. The van der Waals surface area contributed by atoms with Crippen LogP contribution < -0.4 is 11.5 Å². The van der Waals surface area contributed by atoms with Gasteiger partial charge in [-0.15, -0.1) is 0 Å². The van der Waals surface area contributed by atoms with Crippen molar-refractivity contribution in [2.45, 2.75) is 72.9 Å². The van der Waals surface area contributed by atoms with Gasteiger partial charge in [-0.3, -0.25) is 0 Å². The molecule has 0 aromatic heterocycles. The van der Waals surface area contributed by atoms with E-state index in [1.54, 1.807) is 0 Å². The molecule has 0 amide bonds. The van der Waals surface area contributed by atoms with Crippen LogP contribution in [0.5, 0.6) is 0 Å². The van der Waals surface area contributed by atoms with Gasteiger partial charge < -0.3 is 11.5 Å². The van der Waals surface area contributed by atoms with E-state index in [0.29, 0.717) is 5.41 Å². The van der Waals surface area contributed by atoms with Crippen LogP contribution >= 0.6 is 0 Å². The van der Waals surface area contributed by atoms with Crippen LogP contribution in [0.4, 0.5) is 0 Å². The predicted molar refractivity (Wildman–Crippen MR) is 66.3 cm³/mol. The number of hydrogen-bond acceptors (Lipinski definition) is 2. The van der Waals surface area contributed by atoms with Crippen LogP contribution in [0.2, 0.25) is 0 Å². The zero-order valence-corrected chi connectivity index (χ0v) is 11.4. The molecule has 0 aromatic rings. The Morgan fingerprint density at radius 3 is 0.929 bits per heavy atom. The fourth-order valence-electron chi connectivity index (χ4n) is 1.37. The zero-order chi connectivity index (χ0) is 12.2. The van der Waals surface area contributed by atoms with Gasteiger partial charge in [0.2, 0.25) is 0 Å². The topological polar surface area (TPSA) is 52.0 Å². The molecular formula is C12H30N2. The molecule has 0 unspecified atom stereocenters. The summed E-state index contributed by atoms with van der Waals surface area (Å²) in [6.45, 7) is 16.7. The molecule has 0 aliphatic carbocycles. The highest BCUT2D eigenvalue weighted by atomic mass is 14.7. The van der Waals surface area contributed by atoms with Crippen molar-refractivity contribution >= 4 is 0 Å². The highest BCUT2D eigenvalue weighted by Crippen LogP contribution is 2.24. The van der Waals surface area contributed by atoms with E-state index >= 15 is 0 Å². The molecule has 0 heterocycles. The lowest BCUT2D eigenvalue weighted by molar-refractivity contribution is 0.286. The molecule has 0 aliphatic rings. The van der Waals surface area contributed by atoms with Crippen molar-refractivity contribution in [2.24, 2.45) is 16.9 Å². The van der Waals surface area contributed by atoms with Crippen LogP contribution in [-0.2, 0) is 0 Å². The first-order valence-corrected chi connectivity index (χ1v) is 5.28. The zero-order valence-electron chi connectivity index (χ0n) is 11.4. The lowest BCUT2D eigenvalue weighted by atomic mass is 9.82. The molecule has 0 aliphatic heterocycles. The minimum atomic E-state index is -0.0156. The summed E-state index contributed by atoms with van der Waals surface area (Å²) in [5.41, 5.74) is 11.5. The summed E-state index contributed by atoms with van der Waals surface area (Å²) >= 11 is 0. The molecule has 0 aromatic carbocycles. The second-order valence-corrected chi connectivity index (χ2v) is 7.09. The quantitative estimate of drug-likeness (QED) is 0.687. The van der Waals surface area contributed by atoms with Gasteiger partial charge >= 0.3 is 0 Å². The Labute approximate surface area is 90.4 Å². The van der Waals surface area contributed by atoms with E-state index in [-0.39, 0.29) is 11.1 Å². The average molecular weight is 202 g/mol. The second kappa shape index (κ2) is 5.13. The Bertz CT molecular complexity index is 123. The minimum Gasteiger partial charge on any atom is -0.326 e. The molecule has 2 nitrogen and oxygen atoms in total. The summed E-state index contributed by atoms with van der Waals surface area (Å²) in [5, 5.41) is 0. The van der Waals surface area contributed by atoms with Gasteiger partial charge in [-0.1, -0.05) is 20.8 Å². The van der Waals surface area contributed by atoms with E-state index in [0.717, 1.165) is 6.42 Å². The van der Waals surface area contributed by atoms with Gasteiger partial charge in [0.25, 0.3) is 0 Å². The van der Waals surface area contributed by atoms with E-state index in [4.69, 9.17) is 11.5 Å². The van der Waals surface area contributed by atoms with Crippen LogP contribution in [0.3, 0.4) is 0 Å². The molecule has 0 bridgehead atoms. The lowest BCUT2D eigenvalue weighted by Gasteiger charge is -2.28. The highest BCUT2D eigenvalue weighted by Gasteiger charge is 2.20. The molecular weight excluding hydrogens is 172 g/mol. The molecule has 14 heavy (non-hydrogen) atoms. The van der Waals surface area contributed by atoms with Gasteiger partial charge in [0.05, 0.1) is 0 Å². The molecule has 0 saturated heterocycles. The van der Waals surface area contributed by atoms with E-state index < -0.39 is 0 Å². The summed E-state index contributed by atoms with van der Waals surface area (Å²) in [5.74, 6) is 0. The van der Waals surface area contributed by atoms with Crippen molar-refractivity contribution in [2.75, 3.05) is 0 Å². The molecule has 0 atom stereocenters. The van der Waals surface area contributed by atoms with Crippen LogP contribution in [0.25, 0.3) is 0 Å². The molecule has 0 radical (unpaired) electrons. The molecule has 0 rings (SSSR count). The summed E-state index contributed by atoms with van der Waals surface area (Å²) < 4.78 is 0. The van der Waals surface area contributed by atoms with Crippen LogP contribution in [0.1, 0.15) is 61.8 Å². The van der Waals surface area contributed by atoms with E-state index in [2.05, 4.69) is 34.6 Å². The molecule has 0 fully saturated rings. The third-order valence-electron chi connectivity index (χ3n) is 0.986. The Hall–Kier alpha value is -0.0800. The van der Waals surface area contributed by atoms with Crippen LogP contribution in [0.15, 0.2) is 0 Å². The normalized spacial score (nSPS) is 13.3. The van der Waals surface area contributed by atoms with Gasteiger partial charge in [-0.25, -0.2) is 0 Å². The Morgan fingerprint density at radius 1 is 0.714 bits per heavy atom. The first-order valence-electron chi connectivity index (χ1n) is 5.28. The third-order valence-corrected chi connectivity index (χ3v) is 0.986. The Balaban J connectivity index is 0. The van der Waals surface area contributed by atoms with Gasteiger partial charge in [0.15, 0.2) is 0 Å². The maximum atomic E-state index is 5.82. The summed E-state index contributed by atoms with van der Waals surface area (Å²) in [6.07, 6.45) is 1.07. The number of rotatable bonds is 1. The number of hydrogen-bond donors (Lipinski definition) is 2. The van der Waals surface area contributed by atoms with Crippen molar-refractivity contribution in [3.05, 3.63) is 0 Å². The molecule has 0 spiro atoms. The monoisotopic (exact) mass is 202 g/mol. The van der Waals surface area contributed by atoms with E-state index in [1.165, 1.54) is 0 Å². The molecule has 88 valence electrons. The fraction of sp³-hybridized carbons (Fsp3) is 1.00. The largest absolute Gasteiger partial charge is 0.326 e. The fourth-order valence-corrected chi connectivity index (χ4v) is 1.37. The summed E-state index contributed by atoms with van der Waals surface area (Å²) in [6, 6.07) is 0. The predicted octanol–water partition coefficient (Wildman–Crippen LogP) is 2.90. The van der Waals surface area contributed by atoms with Gasteiger partial charge in [-0.05, 0) is 46.5 Å². The maximum Gasteiger partial charge on any atom is 0.0102 e. The minimum absolute atomic E-state index is 0. The van der Waals surface area contributed by atoms with Crippen molar-refractivity contribution < 1.29 is 0 Å². The Kier molecular flexibility index (Phi) is 5.99. The first kappa shape index (κ1) is 16.4. The summed E-state index contributed by atoms with van der Waals surface area (Å²) in [4.78, 5) is 0. The molecule has 0 saturated carbocycles. The van der Waals surface area contributed by atoms with Crippen molar-refractivity contribution in [1.82, 2.24) is 0 Å². The second-order valence-electron chi connectivity index (χ2n) is 7.09. The molecule has 2 heteroatoms. The van der Waals surface area contributed by atoms with Crippen molar-refractivity contribution in [3.63, 3.8) is 0 Å². The van der Waals surface area contributed by atoms with Gasteiger partial charge in [0, 0.05) is 11.1 Å². The highest BCUT2D eigenvalue weighted by molar-refractivity contribution is 4.78. The van der Waals surface area contributed by atoms with Crippen LogP contribution in [0, 0.1) is 5.41 Å². The van der Waals surface area contributed by atoms with Crippen LogP contribution in [-0.4, -0.2) is 11.1 Å². The Morgan fingerprint density at radius 2 is 0.929 bits per heavy atom. The van der Waals surface area contributed by atoms with E-state index in [1.807, 2.05) is 20.8 Å².